The lowest BCUT2D eigenvalue weighted by molar-refractivity contribution is -0.124. The largest absolute Gasteiger partial charge is 0.463 e. The van der Waals surface area contributed by atoms with E-state index in [1.54, 1.807) is 19.3 Å². The van der Waals surface area contributed by atoms with E-state index in [1.165, 1.54) is 36.8 Å². The van der Waals surface area contributed by atoms with Crippen molar-refractivity contribution >= 4 is 22.5 Å². The Balaban J connectivity index is 1.41. The predicted molar refractivity (Wildman–Crippen MR) is 120 cm³/mol. The summed E-state index contributed by atoms with van der Waals surface area (Å²) in [4.78, 5) is 28.2. The molecule has 1 atom stereocenters. The van der Waals surface area contributed by atoms with E-state index < -0.39 is 6.04 Å². The lowest BCUT2D eigenvalue weighted by atomic mass is 9.94. The first kappa shape index (κ1) is 21.6. The molecule has 1 fully saturated rings. The number of rotatable bonds is 8. The standard InChI is InChI=1S/C23H33N5O3/c1-4-21-25-28(23(30)19-15-20-18(27(19)21)11-14-31-20)16(2)22(29)24-12-8-13-26(3)17-9-6-5-7-10-17/h11,14-17H,4-10,12-13H2,1-3H3,(H,24,29)/t16-/m0/s1. The number of carbonyl (C=O) groups excluding carboxylic acids is 1. The molecule has 3 heterocycles. The number of nitrogens with one attached hydrogen (secondary N) is 1. The monoisotopic (exact) mass is 427 g/mol. The van der Waals surface area contributed by atoms with E-state index in [0.717, 1.165) is 24.3 Å². The first-order chi connectivity index (χ1) is 15.0. The fourth-order valence-electron chi connectivity index (χ4n) is 4.69. The van der Waals surface area contributed by atoms with Gasteiger partial charge in [0.2, 0.25) is 5.91 Å². The molecule has 0 radical (unpaired) electrons. The molecule has 0 saturated heterocycles. The van der Waals surface area contributed by atoms with Crippen molar-refractivity contribution in [1.82, 2.24) is 24.4 Å². The van der Waals surface area contributed by atoms with Crippen molar-refractivity contribution in [3.63, 3.8) is 0 Å². The van der Waals surface area contributed by atoms with Gasteiger partial charge in [0.25, 0.3) is 5.56 Å². The maximum atomic E-state index is 13.1. The zero-order valence-corrected chi connectivity index (χ0v) is 18.8. The van der Waals surface area contributed by atoms with Crippen molar-refractivity contribution in [3.05, 3.63) is 34.6 Å². The van der Waals surface area contributed by atoms with Crippen LogP contribution in [0.4, 0.5) is 0 Å². The Morgan fingerprint density at radius 1 is 1.32 bits per heavy atom. The second kappa shape index (κ2) is 9.26. The van der Waals surface area contributed by atoms with Gasteiger partial charge in [-0.1, -0.05) is 26.2 Å². The average Bonchev–Trinajstić information content (AvgIpc) is 3.39. The molecule has 1 aliphatic carbocycles. The molecular weight excluding hydrogens is 394 g/mol. The Kier molecular flexibility index (Phi) is 6.46. The number of hydrogen-bond donors (Lipinski definition) is 1. The molecule has 4 rings (SSSR count). The maximum Gasteiger partial charge on any atom is 0.291 e. The van der Waals surface area contributed by atoms with Crippen molar-refractivity contribution in [3.8, 4) is 0 Å². The highest BCUT2D eigenvalue weighted by molar-refractivity contribution is 5.83. The van der Waals surface area contributed by atoms with Gasteiger partial charge in [0.1, 0.15) is 17.4 Å². The maximum absolute atomic E-state index is 13.1. The Morgan fingerprint density at radius 3 is 2.84 bits per heavy atom. The van der Waals surface area contributed by atoms with Crippen LogP contribution in [-0.4, -0.2) is 51.2 Å². The third kappa shape index (κ3) is 4.26. The normalized spacial score (nSPS) is 16.4. The topological polar surface area (TPSA) is 84.8 Å². The third-order valence-electron chi connectivity index (χ3n) is 6.58. The van der Waals surface area contributed by atoms with Gasteiger partial charge in [-0.3, -0.25) is 14.0 Å². The SMILES string of the molecule is CCc1nn([C@@H](C)C(=O)NCCCN(C)C2CCCCC2)c(=O)c2cc3occc3n12. The fourth-order valence-corrected chi connectivity index (χ4v) is 4.69. The minimum absolute atomic E-state index is 0.184. The minimum atomic E-state index is -0.680. The van der Waals surface area contributed by atoms with Crippen molar-refractivity contribution in [2.45, 2.75) is 70.9 Å². The zero-order chi connectivity index (χ0) is 22.0. The molecule has 0 aliphatic heterocycles. The average molecular weight is 428 g/mol. The molecule has 1 aliphatic rings. The summed E-state index contributed by atoms with van der Waals surface area (Å²) in [5.74, 6) is 0.538. The molecule has 168 valence electrons. The van der Waals surface area contributed by atoms with Crippen LogP contribution in [0.25, 0.3) is 16.6 Å². The number of hydrogen-bond acceptors (Lipinski definition) is 5. The van der Waals surface area contributed by atoms with Crippen LogP contribution >= 0.6 is 0 Å². The molecule has 0 spiro atoms. The second-order valence-corrected chi connectivity index (χ2v) is 8.65. The molecule has 0 aromatic carbocycles. The van der Waals surface area contributed by atoms with Gasteiger partial charge in [0, 0.05) is 31.1 Å². The molecule has 1 N–H and O–H groups in total. The lowest BCUT2D eigenvalue weighted by Gasteiger charge is -2.31. The van der Waals surface area contributed by atoms with Gasteiger partial charge in [0.15, 0.2) is 5.58 Å². The van der Waals surface area contributed by atoms with Gasteiger partial charge in [-0.25, -0.2) is 4.68 Å². The summed E-state index contributed by atoms with van der Waals surface area (Å²) >= 11 is 0. The van der Waals surface area contributed by atoms with E-state index in [2.05, 4.69) is 22.4 Å². The summed E-state index contributed by atoms with van der Waals surface area (Å²) < 4.78 is 8.58. The molecule has 8 nitrogen and oxygen atoms in total. The minimum Gasteiger partial charge on any atom is -0.463 e. The van der Waals surface area contributed by atoms with E-state index in [0.29, 0.717) is 30.1 Å². The summed E-state index contributed by atoms with van der Waals surface area (Å²) in [6.07, 6.45) is 9.68. The van der Waals surface area contributed by atoms with Crippen molar-refractivity contribution < 1.29 is 9.21 Å². The number of fused-ring (bicyclic) bond motifs is 3. The summed E-state index contributed by atoms with van der Waals surface area (Å²) in [7, 11) is 2.18. The summed E-state index contributed by atoms with van der Waals surface area (Å²) in [5.41, 5.74) is 1.66. The van der Waals surface area contributed by atoms with Gasteiger partial charge in [-0.05, 0) is 39.8 Å². The molecule has 3 aromatic heterocycles. The van der Waals surface area contributed by atoms with Crippen LogP contribution in [-0.2, 0) is 11.2 Å². The van der Waals surface area contributed by atoms with Crippen molar-refractivity contribution in [2.24, 2.45) is 0 Å². The summed E-state index contributed by atoms with van der Waals surface area (Å²) in [6, 6.07) is 3.54. The molecule has 3 aromatic rings. The first-order valence-electron chi connectivity index (χ1n) is 11.5. The Bertz CT molecular complexity index is 1110. The molecule has 1 saturated carbocycles. The highest BCUT2D eigenvalue weighted by atomic mass is 16.3. The summed E-state index contributed by atoms with van der Waals surface area (Å²) in [5, 5.41) is 7.50. The van der Waals surface area contributed by atoms with Crippen LogP contribution in [0, 0.1) is 0 Å². The first-order valence-corrected chi connectivity index (χ1v) is 11.5. The molecule has 0 bridgehead atoms. The van der Waals surface area contributed by atoms with Crippen LogP contribution in [0.3, 0.4) is 0 Å². The quantitative estimate of drug-likeness (QED) is 0.558. The second-order valence-electron chi connectivity index (χ2n) is 8.65. The predicted octanol–water partition coefficient (Wildman–Crippen LogP) is 3.14. The highest BCUT2D eigenvalue weighted by Crippen LogP contribution is 2.22. The van der Waals surface area contributed by atoms with Gasteiger partial charge in [-0.2, -0.15) is 5.10 Å². The van der Waals surface area contributed by atoms with E-state index in [-0.39, 0.29) is 11.5 Å². The zero-order valence-electron chi connectivity index (χ0n) is 18.8. The molecule has 8 heteroatoms. The third-order valence-corrected chi connectivity index (χ3v) is 6.58. The number of aromatic nitrogens is 3. The van der Waals surface area contributed by atoms with Crippen LogP contribution < -0.4 is 10.9 Å². The van der Waals surface area contributed by atoms with E-state index in [1.807, 2.05) is 17.4 Å². The van der Waals surface area contributed by atoms with Gasteiger partial charge < -0.3 is 14.6 Å². The van der Waals surface area contributed by atoms with Crippen molar-refractivity contribution in [2.75, 3.05) is 20.1 Å². The van der Waals surface area contributed by atoms with E-state index >= 15 is 0 Å². The lowest BCUT2D eigenvalue weighted by Crippen LogP contribution is -2.40. The number of furan rings is 1. The van der Waals surface area contributed by atoms with Crippen LogP contribution in [0.15, 0.2) is 27.6 Å². The Labute approximate surface area is 182 Å². The highest BCUT2D eigenvalue weighted by Gasteiger charge is 2.22. The number of amides is 1. The van der Waals surface area contributed by atoms with Crippen molar-refractivity contribution in [1.29, 1.82) is 0 Å². The van der Waals surface area contributed by atoms with Crippen LogP contribution in [0.2, 0.25) is 0 Å². The molecule has 1 amide bonds. The van der Waals surface area contributed by atoms with E-state index in [4.69, 9.17) is 4.42 Å². The summed E-state index contributed by atoms with van der Waals surface area (Å²) in [6.45, 7) is 5.26. The van der Waals surface area contributed by atoms with Crippen LogP contribution in [0.1, 0.15) is 64.2 Å². The molecular formula is C23H33N5O3. The van der Waals surface area contributed by atoms with Crippen LogP contribution in [0.5, 0.6) is 0 Å². The smallest absolute Gasteiger partial charge is 0.291 e. The van der Waals surface area contributed by atoms with Gasteiger partial charge in [-0.15, -0.1) is 0 Å². The molecule has 31 heavy (non-hydrogen) atoms. The fraction of sp³-hybridized carbons (Fsp3) is 0.609. The Morgan fingerprint density at radius 2 is 2.10 bits per heavy atom. The van der Waals surface area contributed by atoms with Gasteiger partial charge in [0.05, 0.1) is 11.8 Å². The number of nitrogens with zero attached hydrogens (tertiary/aromatic N) is 4. The van der Waals surface area contributed by atoms with Gasteiger partial charge >= 0.3 is 0 Å². The van der Waals surface area contributed by atoms with E-state index in [9.17, 15) is 9.59 Å². The molecule has 0 unspecified atom stereocenters. The number of carbonyl (C=O) groups is 1. The Hall–Kier alpha value is -2.61. The number of aryl methyl sites for hydroxylation is 1.